The van der Waals surface area contributed by atoms with Crippen LogP contribution in [-0.2, 0) is 34.1 Å². The lowest BCUT2D eigenvalue weighted by Crippen LogP contribution is -2.47. The highest BCUT2D eigenvalue weighted by molar-refractivity contribution is 7.87. The van der Waals surface area contributed by atoms with Crippen LogP contribution >= 0.6 is 11.3 Å². The zero-order chi connectivity index (χ0) is 46.1. The molecule has 64 heavy (non-hydrogen) atoms. The summed E-state index contributed by atoms with van der Waals surface area (Å²) in [5.74, 6) is -2.41. The summed E-state index contributed by atoms with van der Waals surface area (Å²) in [6.07, 6.45) is 6.58. The summed E-state index contributed by atoms with van der Waals surface area (Å²) in [7, 11) is 0.125. The minimum absolute atomic E-state index is 0.0283. The first-order valence-electron chi connectivity index (χ1n) is 22.0. The molecule has 0 bridgehead atoms. The van der Waals surface area contributed by atoms with E-state index in [9.17, 15) is 27.6 Å². The van der Waals surface area contributed by atoms with Gasteiger partial charge in [0, 0.05) is 55.4 Å². The van der Waals surface area contributed by atoms with Crippen LogP contribution in [0.15, 0.2) is 60.0 Å². The molecule has 2 fully saturated rings. The summed E-state index contributed by atoms with van der Waals surface area (Å²) in [6, 6.07) is 12.8. The van der Waals surface area contributed by atoms with Crippen LogP contribution in [0.1, 0.15) is 98.4 Å². The van der Waals surface area contributed by atoms with Crippen LogP contribution in [0.4, 0.5) is 0 Å². The Hall–Kier alpha value is -5.13. The SMILES string of the molecule is COc1ccccc1-c1csc(-c2cccc3c2nc(O[C@@H]2C[C@H]4C(=O)C[C@]5(C(=O)NS(=O)(=O)N(C)C)C[C@H]5/C=C\CCCCC[C@H](CC(=O)OC(C)(C)C)C(=O)N4C2)n3C(C)C)n1. The Balaban J connectivity index is 1.23. The number of imidazole rings is 1. The Labute approximate surface area is 379 Å². The van der Waals surface area contributed by atoms with Gasteiger partial charge in [-0.15, -0.1) is 11.3 Å². The van der Waals surface area contributed by atoms with Crippen molar-refractivity contribution in [2.75, 3.05) is 27.7 Å². The zero-order valence-corrected chi connectivity index (χ0v) is 39.6. The molecule has 2 aromatic carbocycles. The standard InChI is InChI=1S/C47H60N6O9S2/c1-29(2)53-36-21-16-20-34(42-48-35(28-63-42)33-19-14-15-22-39(33)60-8)41(36)49-45(53)61-32-24-37-38(54)26-47(44(57)50-64(58,59)51(6)7)25-31(47)18-13-11-9-10-12-17-30(43(56)52(37)27-32)23-40(55)62-46(3,4)5/h13-16,18-22,28-32,37H,9-12,17,23-27H2,1-8H3,(H,50,57)/b18-13-/t30-,31-,32-,37+,47-/m1/s1. The Bertz CT molecular complexity index is 2540. The van der Waals surface area contributed by atoms with Crippen molar-refractivity contribution in [3.63, 3.8) is 0 Å². The quantitative estimate of drug-likeness (QED) is 0.116. The third kappa shape index (κ3) is 10.1. The van der Waals surface area contributed by atoms with E-state index in [-0.39, 0.29) is 55.9 Å². The molecule has 15 nitrogen and oxygen atoms in total. The van der Waals surface area contributed by atoms with Crippen molar-refractivity contribution in [3.8, 4) is 33.6 Å². The number of hydrogen-bond acceptors (Lipinski definition) is 12. The fraction of sp³-hybridized carbons (Fsp3) is 0.532. The molecule has 1 aliphatic carbocycles. The highest BCUT2D eigenvalue weighted by atomic mass is 32.2. The molecule has 4 heterocycles. The van der Waals surface area contributed by atoms with Crippen LogP contribution in [0, 0.1) is 17.3 Å². The third-order valence-electron chi connectivity index (χ3n) is 12.3. The van der Waals surface area contributed by atoms with Crippen molar-refractivity contribution >= 4 is 56.1 Å². The fourth-order valence-corrected chi connectivity index (χ4v) is 10.4. The number of Topliss-reactive ketones (excluding diaryl/α,β-unsaturated/α-hetero) is 1. The van der Waals surface area contributed by atoms with Crippen molar-refractivity contribution in [2.45, 2.75) is 116 Å². The number of fused-ring (bicyclic) bond motifs is 3. The topological polar surface area (TPSA) is 179 Å². The minimum atomic E-state index is -4.15. The summed E-state index contributed by atoms with van der Waals surface area (Å²) in [4.78, 5) is 68.4. The largest absolute Gasteiger partial charge is 0.496 e. The van der Waals surface area contributed by atoms with E-state index >= 15 is 0 Å². The molecule has 1 N–H and O–H groups in total. The van der Waals surface area contributed by atoms with Crippen molar-refractivity contribution in [1.82, 2.24) is 28.5 Å². The number of benzene rings is 2. The van der Waals surface area contributed by atoms with Gasteiger partial charge >= 0.3 is 16.2 Å². The second-order valence-electron chi connectivity index (χ2n) is 18.6. The number of rotatable bonds is 11. The third-order valence-corrected chi connectivity index (χ3v) is 14.5. The van der Waals surface area contributed by atoms with Crippen molar-refractivity contribution < 1.29 is 41.8 Å². The van der Waals surface area contributed by atoms with Crippen LogP contribution < -0.4 is 14.2 Å². The maximum atomic E-state index is 14.8. The molecule has 17 heteroatoms. The molecule has 0 spiro atoms. The molecule has 7 rings (SSSR count). The van der Waals surface area contributed by atoms with E-state index in [0.717, 1.165) is 44.5 Å². The van der Waals surface area contributed by atoms with E-state index in [1.54, 1.807) is 27.9 Å². The normalized spacial score (nSPS) is 23.9. The van der Waals surface area contributed by atoms with E-state index in [4.69, 9.17) is 24.2 Å². The number of ketones is 1. The van der Waals surface area contributed by atoms with Gasteiger partial charge in [-0.05, 0) is 90.5 Å². The number of carbonyl (C=O) groups is 4. The lowest BCUT2D eigenvalue weighted by Gasteiger charge is -2.29. The van der Waals surface area contributed by atoms with E-state index < -0.39 is 51.2 Å². The number of allylic oxidation sites excluding steroid dienone is 2. The number of amides is 2. The number of hydrogen-bond donors (Lipinski definition) is 1. The number of para-hydroxylation sites is 2. The van der Waals surface area contributed by atoms with Gasteiger partial charge in [0.15, 0.2) is 5.78 Å². The first kappa shape index (κ1) is 46.9. The Morgan fingerprint density at radius 1 is 1.03 bits per heavy atom. The van der Waals surface area contributed by atoms with Gasteiger partial charge in [0.2, 0.25) is 11.8 Å². The molecular formula is C47H60N6O9S2. The predicted molar refractivity (Wildman–Crippen MR) is 245 cm³/mol. The molecule has 344 valence electrons. The number of thiazole rings is 1. The summed E-state index contributed by atoms with van der Waals surface area (Å²) in [5.41, 5.74) is 1.89. The van der Waals surface area contributed by atoms with Gasteiger partial charge in [-0.3, -0.25) is 23.7 Å². The molecule has 5 atom stereocenters. The smallest absolute Gasteiger partial charge is 0.307 e. The van der Waals surface area contributed by atoms with Gasteiger partial charge < -0.3 is 19.1 Å². The van der Waals surface area contributed by atoms with Crippen LogP contribution in [0.5, 0.6) is 11.8 Å². The first-order valence-corrected chi connectivity index (χ1v) is 24.4. The van der Waals surface area contributed by atoms with Gasteiger partial charge in [0.05, 0.1) is 42.7 Å². The number of esters is 1. The molecule has 2 aromatic heterocycles. The fourth-order valence-electron chi connectivity index (χ4n) is 8.90. The van der Waals surface area contributed by atoms with Gasteiger partial charge in [0.25, 0.3) is 6.01 Å². The monoisotopic (exact) mass is 916 g/mol. The summed E-state index contributed by atoms with van der Waals surface area (Å²) >= 11 is 1.49. The average molecular weight is 917 g/mol. The van der Waals surface area contributed by atoms with Crippen LogP contribution in [-0.4, -0.2) is 101 Å². The molecule has 2 amide bonds. The second-order valence-corrected chi connectivity index (χ2v) is 21.4. The molecule has 0 unspecified atom stereocenters. The van der Waals surface area contributed by atoms with E-state index in [1.807, 2.05) is 78.4 Å². The molecule has 0 radical (unpaired) electrons. The van der Waals surface area contributed by atoms with Crippen molar-refractivity contribution in [2.24, 2.45) is 17.3 Å². The summed E-state index contributed by atoms with van der Waals surface area (Å²) in [6.45, 7) is 9.41. The van der Waals surface area contributed by atoms with Gasteiger partial charge in [-0.25, -0.2) is 9.71 Å². The molecule has 2 aliphatic heterocycles. The van der Waals surface area contributed by atoms with Crippen molar-refractivity contribution in [3.05, 3.63) is 60.0 Å². The van der Waals surface area contributed by atoms with E-state index in [0.29, 0.717) is 36.5 Å². The Morgan fingerprint density at radius 2 is 1.78 bits per heavy atom. The van der Waals surface area contributed by atoms with Gasteiger partial charge in [0.1, 0.15) is 28.0 Å². The molecular weight excluding hydrogens is 857 g/mol. The number of ether oxygens (including phenoxy) is 3. The van der Waals surface area contributed by atoms with E-state index in [1.165, 1.54) is 30.3 Å². The highest BCUT2D eigenvalue weighted by Crippen LogP contribution is 2.57. The Morgan fingerprint density at radius 3 is 2.50 bits per heavy atom. The lowest BCUT2D eigenvalue weighted by atomic mass is 9.90. The lowest BCUT2D eigenvalue weighted by molar-refractivity contribution is -0.159. The summed E-state index contributed by atoms with van der Waals surface area (Å²) < 4.78 is 48.9. The summed E-state index contributed by atoms with van der Waals surface area (Å²) in [5, 5.41) is 2.75. The second kappa shape index (κ2) is 18.8. The number of aromatic nitrogens is 3. The first-order chi connectivity index (χ1) is 30.3. The predicted octanol–water partition coefficient (Wildman–Crippen LogP) is 7.52. The number of nitrogens with one attached hydrogen (secondary N) is 1. The van der Waals surface area contributed by atoms with Crippen LogP contribution in [0.2, 0.25) is 0 Å². The molecule has 4 aromatic rings. The van der Waals surface area contributed by atoms with E-state index in [2.05, 4.69) is 4.72 Å². The number of nitrogens with zero attached hydrogens (tertiary/aromatic N) is 5. The van der Waals surface area contributed by atoms with Crippen LogP contribution in [0.25, 0.3) is 32.9 Å². The maximum Gasteiger partial charge on any atom is 0.307 e. The number of methoxy groups -OCH3 is 1. The minimum Gasteiger partial charge on any atom is -0.496 e. The molecule has 1 saturated heterocycles. The van der Waals surface area contributed by atoms with Gasteiger partial charge in [-0.1, -0.05) is 43.2 Å². The van der Waals surface area contributed by atoms with Crippen molar-refractivity contribution in [1.29, 1.82) is 0 Å². The molecule has 1 saturated carbocycles. The maximum absolute atomic E-state index is 14.8. The Kier molecular flexibility index (Phi) is 13.7. The average Bonchev–Trinajstić information content (AvgIpc) is 3.57. The highest BCUT2D eigenvalue weighted by Gasteiger charge is 2.61. The van der Waals surface area contributed by atoms with Crippen LogP contribution in [0.3, 0.4) is 0 Å². The van der Waals surface area contributed by atoms with Gasteiger partial charge in [-0.2, -0.15) is 17.7 Å². The zero-order valence-electron chi connectivity index (χ0n) is 38.0. The molecule has 3 aliphatic rings. The number of carbonyl (C=O) groups excluding carboxylic acids is 4.